The van der Waals surface area contributed by atoms with E-state index in [4.69, 9.17) is 14.2 Å². The third-order valence-electron chi connectivity index (χ3n) is 3.75. The first-order chi connectivity index (χ1) is 11.2. The van der Waals surface area contributed by atoms with Crippen LogP contribution in [0.2, 0.25) is 0 Å². The monoisotopic (exact) mass is 310 g/mol. The van der Waals surface area contributed by atoms with Gasteiger partial charge in [0.2, 0.25) is 0 Å². The van der Waals surface area contributed by atoms with Crippen molar-refractivity contribution in [3.63, 3.8) is 0 Å². The van der Waals surface area contributed by atoms with Gasteiger partial charge >= 0.3 is 0 Å². The minimum atomic E-state index is 0.661. The zero-order valence-corrected chi connectivity index (χ0v) is 13.4. The molecule has 0 saturated carbocycles. The van der Waals surface area contributed by atoms with Crippen molar-refractivity contribution in [3.8, 4) is 17.2 Å². The Bertz CT molecular complexity index is 816. The molecule has 0 amide bonds. The van der Waals surface area contributed by atoms with Gasteiger partial charge in [-0.1, -0.05) is 12.1 Å². The highest BCUT2D eigenvalue weighted by molar-refractivity contribution is 5.84. The van der Waals surface area contributed by atoms with Crippen molar-refractivity contribution in [2.24, 2.45) is 0 Å². The summed E-state index contributed by atoms with van der Waals surface area (Å²) < 4.78 is 15.9. The maximum atomic E-state index is 5.38. The van der Waals surface area contributed by atoms with E-state index in [2.05, 4.69) is 9.97 Å². The maximum Gasteiger partial charge on any atom is 0.162 e. The van der Waals surface area contributed by atoms with Crippen molar-refractivity contribution in [3.05, 3.63) is 54.0 Å². The molecular weight excluding hydrogens is 292 g/mol. The maximum absolute atomic E-state index is 5.38. The molecule has 0 saturated heterocycles. The predicted octanol–water partition coefficient (Wildman–Crippen LogP) is 3.25. The van der Waals surface area contributed by atoms with Crippen LogP contribution in [0.3, 0.4) is 0 Å². The molecule has 0 atom stereocenters. The lowest BCUT2D eigenvalue weighted by Gasteiger charge is -2.11. The summed E-state index contributed by atoms with van der Waals surface area (Å²) >= 11 is 0. The van der Waals surface area contributed by atoms with E-state index < -0.39 is 0 Å². The summed E-state index contributed by atoms with van der Waals surface area (Å²) in [5.41, 5.74) is 2.93. The Morgan fingerprint density at radius 2 is 1.52 bits per heavy atom. The van der Waals surface area contributed by atoms with Crippen LogP contribution in [0.4, 0.5) is 0 Å². The van der Waals surface area contributed by atoms with E-state index in [1.807, 2.05) is 36.4 Å². The van der Waals surface area contributed by atoms with Gasteiger partial charge in [0.25, 0.3) is 0 Å². The Labute approximate surface area is 134 Å². The van der Waals surface area contributed by atoms with E-state index in [0.29, 0.717) is 17.9 Å². The number of hydrogen-bond donors (Lipinski definition) is 0. The molecule has 23 heavy (non-hydrogen) atoms. The lowest BCUT2D eigenvalue weighted by atomic mass is 10.1. The fourth-order valence-electron chi connectivity index (χ4n) is 2.51. The Morgan fingerprint density at radius 3 is 2.17 bits per heavy atom. The molecule has 5 nitrogen and oxygen atoms in total. The second-order valence-electron chi connectivity index (χ2n) is 5.07. The number of fused-ring (bicyclic) bond motifs is 1. The van der Waals surface area contributed by atoms with Crippen LogP contribution >= 0.6 is 0 Å². The average Bonchev–Trinajstić information content (AvgIpc) is 2.61. The first-order valence-corrected chi connectivity index (χ1v) is 7.23. The van der Waals surface area contributed by atoms with Crippen molar-refractivity contribution in [2.75, 3.05) is 21.3 Å². The lowest BCUT2D eigenvalue weighted by Crippen LogP contribution is -1.98. The van der Waals surface area contributed by atoms with Gasteiger partial charge in [-0.25, -0.2) is 9.97 Å². The van der Waals surface area contributed by atoms with E-state index in [1.165, 1.54) is 0 Å². The molecule has 0 N–H and O–H groups in total. The van der Waals surface area contributed by atoms with Crippen LogP contribution in [0, 0.1) is 0 Å². The van der Waals surface area contributed by atoms with Crippen LogP contribution in [0.15, 0.2) is 42.7 Å². The fraction of sp³-hybridized carbons (Fsp3) is 0.222. The summed E-state index contributed by atoms with van der Waals surface area (Å²) in [7, 11) is 4.90. The third-order valence-corrected chi connectivity index (χ3v) is 3.75. The van der Waals surface area contributed by atoms with E-state index in [0.717, 1.165) is 27.9 Å². The lowest BCUT2D eigenvalue weighted by molar-refractivity contribution is 0.355. The molecule has 0 unspecified atom stereocenters. The second kappa shape index (κ2) is 6.52. The van der Waals surface area contributed by atoms with Crippen LogP contribution in [0.25, 0.3) is 10.9 Å². The van der Waals surface area contributed by atoms with Crippen LogP contribution in [-0.4, -0.2) is 31.3 Å². The minimum absolute atomic E-state index is 0.661. The standard InChI is InChI=1S/C18H18N2O3/c1-21-13-6-4-12(5-7-13)8-15-14-9-17(22-2)18(23-3)10-16(14)20-11-19-15/h4-7,9-11H,8H2,1-3H3. The Morgan fingerprint density at radius 1 is 0.826 bits per heavy atom. The summed E-state index contributed by atoms with van der Waals surface area (Å²) in [5.74, 6) is 2.17. The molecule has 1 heterocycles. The van der Waals surface area contributed by atoms with E-state index in [-0.39, 0.29) is 0 Å². The third kappa shape index (κ3) is 3.04. The quantitative estimate of drug-likeness (QED) is 0.724. The number of hydrogen-bond acceptors (Lipinski definition) is 5. The number of benzene rings is 2. The molecule has 0 aliphatic carbocycles. The van der Waals surface area contributed by atoms with Gasteiger partial charge in [-0.2, -0.15) is 0 Å². The molecule has 5 heteroatoms. The van der Waals surface area contributed by atoms with Gasteiger partial charge in [0, 0.05) is 17.9 Å². The first-order valence-electron chi connectivity index (χ1n) is 7.23. The van der Waals surface area contributed by atoms with Crippen LogP contribution in [-0.2, 0) is 6.42 Å². The molecule has 0 bridgehead atoms. The summed E-state index contributed by atoms with van der Waals surface area (Å²) in [6.07, 6.45) is 2.28. The van der Waals surface area contributed by atoms with Gasteiger partial charge in [0.1, 0.15) is 12.1 Å². The Kier molecular flexibility index (Phi) is 4.28. The van der Waals surface area contributed by atoms with E-state index in [9.17, 15) is 0 Å². The summed E-state index contributed by atoms with van der Waals surface area (Å²) in [4.78, 5) is 8.77. The van der Waals surface area contributed by atoms with Crippen LogP contribution in [0.1, 0.15) is 11.3 Å². The predicted molar refractivity (Wildman–Crippen MR) is 88.4 cm³/mol. The highest BCUT2D eigenvalue weighted by Crippen LogP contribution is 2.32. The second-order valence-corrected chi connectivity index (χ2v) is 5.07. The van der Waals surface area contributed by atoms with E-state index in [1.54, 1.807) is 27.7 Å². The molecule has 0 radical (unpaired) electrons. The summed E-state index contributed by atoms with van der Waals surface area (Å²) in [5, 5.41) is 0.959. The van der Waals surface area contributed by atoms with Crippen molar-refractivity contribution < 1.29 is 14.2 Å². The molecule has 0 aliphatic rings. The SMILES string of the molecule is COc1ccc(Cc2ncnc3cc(OC)c(OC)cc23)cc1. The molecule has 2 aromatic carbocycles. The van der Waals surface area contributed by atoms with Crippen molar-refractivity contribution in [1.29, 1.82) is 0 Å². The van der Waals surface area contributed by atoms with Crippen LogP contribution < -0.4 is 14.2 Å². The summed E-state index contributed by atoms with van der Waals surface area (Å²) in [6.45, 7) is 0. The normalized spacial score (nSPS) is 10.6. The number of methoxy groups -OCH3 is 3. The van der Waals surface area contributed by atoms with Crippen molar-refractivity contribution in [2.45, 2.75) is 6.42 Å². The van der Waals surface area contributed by atoms with E-state index >= 15 is 0 Å². The molecule has 1 aromatic heterocycles. The smallest absolute Gasteiger partial charge is 0.162 e. The number of aromatic nitrogens is 2. The van der Waals surface area contributed by atoms with Gasteiger partial charge in [0.05, 0.1) is 32.5 Å². The fourth-order valence-corrected chi connectivity index (χ4v) is 2.51. The number of nitrogens with zero attached hydrogens (tertiary/aromatic N) is 2. The molecule has 0 aliphatic heterocycles. The highest BCUT2D eigenvalue weighted by Gasteiger charge is 2.11. The molecule has 3 aromatic rings. The molecule has 3 rings (SSSR count). The zero-order chi connectivity index (χ0) is 16.2. The first kappa shape index (κ1) is 15.1. The summed E-state index contributed by atoms with van der Waals surface area (Å²) in [6, 6.07) is 11.8. The highest BCUT2D eigenvalue weighted by atomic mass is 16.5. The minimum Gasteiger partial charge on any atom is -0.497 e. The Hall–Kier alpha value is -2.82. The molecule has 0 fully saturated rings. The Balaban J connectivity index is 2.02. The number of ether oxygens (including phenoxy) is 3. The zero-order valence-electron chi connectivity index (χ0n) is 13.4. The molecular formula is C18H18N2O3. The topological polar surface area (TPSA) is 53.5 Å². The van der Waals surface area contributed by atoms with Gasteiger partial charge < -0.3 is 14.2 Å². The molecule has 118 valence electrons. The van der Waals surface area contributed by atoms with Gasteiger partial charge in [-0.05, 0) is 23.8 Å². The van der Waals surface area contributed by atoms with Crippen LogP contribution in [0.5, 0.6) is 17.2 Å². The van der Waals surface area contributed by atoms with Gasteiger partial charge in [-0.3, -0.25) is 0 Å². The van der Waals surface area contributed by atoms with Gasteiger partial charge in [0.15, 0.2) is 11.5 Å². The average molecular weight is 310 g/mol. The molecule has 0 spiro atoms. The van der Waals surface area contributed by atoms with Crippen molar-refractivity contribution >= 4 is 10.9 Å². The number of rotatable bonds is 5. The largest absolute Gasteiger partial charge is 0.497 e. The van der Waals surface area contributed by atoms with Crippen molar-refractivity contribution in [1.82, 2.24) is 9.97 Å². The van der Waals surface area contributed by atoms with Gasteiger partial charge in [-0.15, -0.1) is 0 Å².